The van der Waals surface area contributed by atoms with Gasteiger partial charge in [0.1, 0.15) is 17.6 Å². The molecule has 4 aliphatic rings. The van der Waals surface area contributed by atoms with Gasteiger partial charge in [-0.05, 0) is 49.9 Å². The van der Waals surface area contributed by atoms with Crippen molar-refractivity contribution in [1.82, 2.24) is 25.1 Å². The van der Waals surface area contributed by atoms with Gasteiger partial charge in [0.15, 0.2) is 0 Å². The van der Waals surface area contributed by atoms with Crippen molar-refractivity contribution in [3.05, 3.63) is 47.0 Å². The number of benzene rings is 1. The molecule has 6 rings (SSSR count). The Bertz CT molecular complexity index is 1240. The van der Waals surface area contributed by atoms with Crippen molar-refractivity contribution in [2.45, 2.75) is 45.2 Å². The number of carbonyl (C=O) groups excluding carboxylic acids is 4. The third kappa shape index (κ3) is 3.67. The quantitative estimate of drug-likeness (QED) is 0.643. The van der Waals surface area contributed by atoms with E-state index in [0.29, 0.717) is 24.2 Å². The molecule has 1 aromatic heterocycles. The zero-order valence-electron chi connectivity index (χ0n) is 19.7. The van der Waals surface area contributed by atoms with Crippen LogP contribution in [0.1, 0.15) is 57.9 Å². The molecule has 10 heteroatoms. The normalized spacial score (nSPS) is 23.4. The number of H-pyrrole nitrogens is 1. The Morgan fingerprint density at radius 1 is 1.14 bits per heavy atom. The summed E-state index contributed by atoms with van der Waals surface area (Å²) in [6.07, 6.45) is 4.16. The van der Waals surface area contributed by atoms with E-state index in [9.17, 15) is 19.2 Å². The predicted molar refractivity (Wildman–Crippen MR) is 126 cm³/mol. The number of imide groups is 1. The molecule has 3 fully saturated rings. The number of carbonyl (C=O) groups is 4. The number of anilines is 1. The van der Waals surface area contributed by atoms with Crippen LogP contribution in [0.5, 0.6) is 0 Å². The second kappa shape index (κ2) is 7.93. The highest BCUT2D eigenvalue weighted by Crippen LogP contribution is 2.43. The van der Waals surface area contributed by atoms with E-state index in [2.05, 4.69) is 26.3 Å². The number of imidazole rings is 1. The second-order valence-electron chi connectivity index (χ2n) is 10.3. The first kappa shape index (κ1) is 21.8. The average molecular weight is 477 g/mol. The van der Waals surface area contributed by atoms with Crippen LogP contribution in [-0.4, -0.2) is 75.6 Å². The van der Waals surface area contributed by atoms with Crippen LogP contribution in [0, 0.1) is 12.3 Å². The van der Waals surface area contributed by atoms with E-state index in [1.54, 1.807) is 11.1 Å². The van der Waals surface area contributed by atoms with Gasteiger partial charge in [-0.15, -0.1) is 0 Å². The topological polar surface area (TPSA) is 119 Å². The lowest BCUT2D eigenvalue weighted by Gasteiger charge is -2.55. The summed E-state index contributed by atoms with van der Waals surface area (Å²) in [6.45, 7) is 5.57. The Morgan fingerprint density at radius 2 is 1.91 bits per heavy atom. The highest BCUT2D eigenvalue weighted by atomic mass is 16.2. The van der Waals surface area contributed by atoms with Crippen molar-refractivity contribution >= 4 is 29.3 Å². The lowest BCUT2D eigenvalue weighted by molar-refractivity contribution is -0.136. The van der Waals surface area contributed by atoms with Crippen LogP contribution in [0.25, 0.3) is 0 Å². The van der Waals surface area contributed by atoms with Crippen molar-refractivity contribution in [2.75, 3.05) is 31.1 Å². The minimum absolute atomic E-state index is 0.0143. The third-order valence-electron chi connectivity index (χ3n) is 7.97. The standard InChI is InChI=1S/C25H28N6O4/c1-15-26-11-19(27-15)24(35)29-8-6-25(7-9-29)13-30(14-25)17-2-3-18-16(10-17)12-31(23(18)34)20-4-5-21(32)28-22(20)33/h2-3,10-11,20H,4-9,12-14H2,1H3,(H,26,27)(H,28,32,33). The molecule has 10 nitrogen and oxygen atoms in total. The number of aromatic amines is 1. The molecule has 0 saturated carbocycles. The molecule has 2 aromatic rings. The molecule has 182 valence electrons. The summed E-state index contributed by atoms with van der Waals surface area (Å²) in [7, 11) is 0. The summed E-state index contributed by atoms with van der Waals surface area (Å²) in [6, 6.07) is 5.31. The van der Waals surface area contributed by atoms with Gasteiger partial charge in [-0.1, -0.05) is 0 Å². The van der Waals surface area contributed by atoms with Gasteiger partial charge >= 0.3 is 0 Å². The van der Waals surface area contributed by atoms with Gasteiger partial charge in [0.05, 0.1) is 6.20 Å². The molecule has 0 aliphatic carbocycles. The molecule has 4 amide bonds. The molecule has 1 atom stereocenters. The second-order valence-corrected chi connectivity index (χ2v) is 10.3. The monoisotopic (exact) mass is 476 g/mol. The minimum Gasteiger partial charge on any atom is -0.370 e. The van der Waals surface area contributed by atoms with Crippen LogP contribution < -0.4 is 10.2 Å². The molecule has 4 aliphatic heterocycles. The van der Waals surface area contributed by atoms with Gasteiger partial charge in [-0.25, -0.2) is 4.98 Å². The van der Waals surface area contributed by atoms with Crippen molar-refractivity contribution in [2.24, 2.45) is 5.41 Å². The Morgan fingerprint density at radius 3 is 2.60 bits per heavy atom. The predicted octanol–water partition coefficient (Wildman–Crippen LogP) is 1.22. The molecule has 3 saturated heterocycles. The van der Waals surface area contributed by atoms with Gasteiger partial charge < -0.3 is 19.7 Å². The first-order valence-electron chi connectivity index (χ1n) is 12.2. The minimum atomic E-state index is -0.595. The lowest BCUT2D eigenvalue weighted by atomic mass is 9.71. The third-order valence-corrected chi connectivity index (χ3v) is 7.97. The fourth-order valence-electron chi connectivity index (χ4n) is 5.90. The van der Waals surface area contributed by atoms with E-state index < -0.39 is 6.04 Å². The summed E-state index contributed by atoms with van der Waals surface area (Å²) in [5.74, 6) is -0.0605. The lowest BCUT2D eigenvalue weighted by Crippen LogP contribution is -2.61. The highest BCUT2D eigenvalue weighted by Gasteiger charge is 2.46. The number of nitrogens with one attached hydrogen (secondary N) is 2. The van der Waals surface area contributed by atoms with Crippen molar-refractivity contribution < 1.29 is 19.2 Å². The number of hydrogen-bond acceptors (Lipinski definition) is 6. The molecule has 5 heterocycles. The average Bonchev–Trinajstić information content (AvgIpc) is 3.40. The van der Waals surface area contributed by atoms with Gasteiger partial charge in [-0.3, -0.25) is 24.5 Å². The molecule has 1 spiro atoms. The fourth-order valence-corrected chi connectivity index (χ4v) is 5.90. The zero-order valence-corrected chi connectivity index (χ0v) is 19.7. The van der Waals surface area contributed by atoms with Gasteiger partial charge in [-0.2, -0.15) is 0 Å². The highest BCUT2D eigenvalue weighted by molar-refractivity contribution is 6.05. The largest absolute Gasteiger partial charge is 0.370 e. The molecule has 1 unspecified atom stereocenters. The maximum Gasteiger partial charge on any atom is 0.271 e. The van der Waals surface area contributed by atoms with Crippen LogP contribution in [0.4, 0.5) is 5.69 Å². The van der Waals surface area contributed by atoms with Gasteiger partial charge in [0.2, 0.25) is 11.8 Å². The summed E-state index contributed by atoms with van der Waals surface area (Å²) in [4.78, 5) is 62.4. The zero-order chi connectivity index (χ0) is 24.3. The van der Waals surface area contributed by atoms with Crippen molar-refractivity contribution in [1.29, 1.82) is 0 Å². The smallest absolute Gasteiger partial charge is 0.271 e. The summed E-state index contributed by atoms with van der Waals surface area (Å²) < 4.78 is 0. The van der Waals surface area contributed by atoms with E-state index >= 15 is 0 Å². The number of amides is 4. The number of hydrogen-bond donors (Lipinski definition) is 2. The summed E-state index contributed by atoms with van der Waals surface area (Å²) in [5, 5.41) is 2.35. The Labute approximate surface area is 202 Å². The number of nitrogens with zero attached hydrogens (tertiary/aromatic N) is 4. The van der Waals surface area contributed by atoms with Gasteiger partial charge in [0.25, 0.3) is 11.8 Å². The van der Waals surface area contributed by atoms with E-state index in [-0.39, 0.29) is 35.5 Å². The summed E-state index contributed by atoms with van der Waals surface area (Å²) in [5.41, 5.74) is 3.41. The number of likely N-dealkylation sites (tertiary alicyclic amines) is 1. The number of aromatic nitrogens is 2. The maximum atomic E-state index is 12.9. The van der Waals surface area contributed by atoms with Crippen LogP contribution in [0.2, 0.25) is 0 Å². The number of rotatable bonds is 3. The first-order valence-corrected chi connectivity index (χ1v) is 12.2. The fraction of sp³-hybridized carbons (Fsp3) is 0.480. The van der Waals surface area contributed by atoms with Gasteiger partial charge in [0, 0.05) is 55.8 Å². The molecule has 2 N–H and O–H groups in total. The van der Waals surface area contributed by atoms with E-state index in [1.165, 1.54) is 0 Å². The molecular weight excluding hydrogens is 448 g/mol. The molecule has 0 radical (unpaired) electrons. The number of fused-ring (bicyclic) bond motifs is 1. The van der Waals surface area contributed by atoms with E-state index in [1.807, 2.05) is 24.0 Å². The Balaban J connectivity index is 1.08. The SMILES string of the molecule is Cc1ncc(C(=O)N2CCC3(CC2)CN(c2ccc4c(c2)CN(C2CCC(=O)NC2=O)C4=O)C3)[nH]1. The maximum absolute atomic E-state index is 12.9. The molecule has 0 bridgehead atoms. The van der Waals surface area contributed by atoms with E-state index in [4.69, 9.17) is 0 Å². The molecule has 35 heavy (non-hydrogen) atoms. The Kier molecular flexibility index (Phi) is 4.94. The van der Waals surface area contributed by atoms with E-state index in [0.717, 1.165) is 56.1 Å². The Hall–Kier alpha value is -3.69. The first-order chi connectivity index (χ1) is 16.8. The van der Waals surface area contributed by atoms with Crippen LogP contribution >= 0.6 is 0 Å². The number of aryl methyl sites for hydroxylation is 1. The van der Waals surface area contributed by atoms with Crippen molar-refractivity contribution in [3.8, 4) is 0 Å². The summed E-state index contributed by atoms with van der Waals surface area (Å²) >= 11 is 0. The van der Waals surface area contributed by atoms with Crippen LogP contribution in [0.15, 0.2) is 24.4 Å². The molecule has 1 aromatic carbocycles. The number of piperidine rings is 2. The van der Waals surface area contributed by atoms with Crippen LogP contribution in [-0.2, 0) is 16.1 Å². The molecular formula is C25H28N6O4. The van der Waals surface area contributed by atoms with Crippen molar-refractivity contribution in [3.63, 3.8) is 0 Å². The van der Waals surface area contributed by atoms with Crippen LogP contribution in [0.3, 0.4) is 0 Å².